The highest BCUT2D eigenvalue weighted by molar-refractivity contribution is 6.28. The molecule has 0 saturated heterocycles. The molecule has 1 aromatic heterocycles. The molecule has 2 aromatic carbocycles. The van der Waals surface area contributed by atoms with E-state index < -0.39 is 11.6 Å². The van der Waals surface area contributed by atoms with Crippen LogP contribution in [0, 0.1) is 23.0 Å². The van der Waals surface area contributed by atoms with Crippen LogP contribution < -0.4 is 15.8 Å². The van der Waals surface area contributed by atoms with Gasteiger partial charge in [-0.2, -0.15) is 5.26 Å². The first-order chi connectivity index (χ1) is 15.5. The predicted octanol–water partition coefficient (Wildman–Crippen LogP) is 4.82. The van der Waals surface area contributed by atoms with Crippen LogP contribution in [0.2, 0.25) is 5.28 Å². The lowest BCUT2D eigenvalue weighted by molar-refractivity contribution is 0.314. The third kappa shape index (κ3) is 4.58. The smallest absolute Gasteiger partial charge is 0.224 e. The fourth-order valence-electron chi connectivity index (χ4n) is 3.88. The number of nitrogens with two attached hydrogens (primary N) is 1. The van der Waals surface area contributed by atoms with E-state index in [1.807, 2.05) is 0 Å². The molecule has 9 heteroatoms. The van der Waals surface area contributed by atoms with Gasteiger partial charge in [0.25, 0.3) is 0 Å². The number of benzene rings is 2. The molecule has 0 amide bonds. The zero-order chi connectivity index (χ0) is 22.7. The average molecular weight is 456 g/mol. The topological polar surface area (TPSA) is 96.9 Å². The summed E-state index contributed by atoms with van der Waals surface area (Å²) in [7, 11) is 0. The summed E-state index contributed by atoms with van der Waals surface area (Å²) in [5.41, 5.74) is 8.64. The Morgan fingerprint density at radius 1 is 1.22 bits per heavy atom. The molecule has 1 aliphatic rings. The van der Waals surface area contributed by atoms with E-state index in [2.05, 4.69) is 21.4 Å². The van der Waals surface area contributed by atoms with Crippen LogP contribution in [0.3, 0.4) is 0 Å². The van der Waals surface area contributed by atoms with E-state index in [9.17, 15) is 8.78 Å². The quantitative estimate of drug-likeness (QED) is 0.301. The Balaban J connectivity index is 1.42. The molecule has 3 aromatic rings. The SMILES string of the molecule is N#Cc1ccc(N)cc1OCCCNc1nc(Cl)nc2c1CCC2c1ccc(F)cc1F. The summed E-state index contributed by atoms with van der Waals surface area (Å²) < 4.78 is 33.3. The number of rotatable bonds is 7. The van der Waals surface area contributed by atoms with Gasteiger partial charge in [-0.25, -0.2) is 18.7 Å². The van der Waals surface area contributed by atoms with E-state index in [-0.39, 0.29) is 11.2 Å². The monoisotopic (exact) mass is 455 g/mol. The Hall–Kier alpha value is -3.44. The normalized spacial score (nSPS) is 14.6. The highest BCUT2D eigenvalue weighted by Crippen LogP contribution is 2.41. The molecule has 1 unspecified atom stereocenters. The van der Waals surface area contributed by atoms with Gasteiger partial charge in [-0.05, 0) is 54.6 Å². The molecule has 1 atom stereocenters. The van der Waals surface area contributed by atoms with Crippen molar-refractivity contribution in [2.24, 2.45) is 0 Å². The molecule has 3 N–H and O–H groups in total. The standard InChI is InChI=1S/C23H20ClF2N5O/c24-23-30-21-17(16-5-3-14(25)10-19(16)26)6-7-18(21)22(31-23)29-8-1-9-32-20-11-15(28)4-2-13(20)12-27/h2-5,10-11,17H,1,6-9,28H2,(H,29,30,31). The van der Waals surface area contributed by atoms with Gasteiger partial charge in [-0.1, -0.05) is 6.07 Å². The zero-order valence-corrected chi connectivity index (χ0v) is 17.8. The Labute approximate surface area is 189 Å². The van der Waals surface area contributed by atoms with Gasteiger partial charge >= 0.3 is 0 Å². The van der Waals surface area contributed by atoms with E-state index in [0.717, 1.165) is 11.6 Å². The molecule has 0 aliphatic heterocycles. The lowest BCUT2D eigenvalue weighted by Gasteiger charge is -2.14. The van der Waals surface area contributed by atoms with Crippen molar-refractivity contribution in [3.63, 3.8) is 0 Å². The Bertz CT molecular complexity index is 1200. The minimum Gasteiger partial charge on any atom is -0.492 e. The van der Waals surface area contributed by atoms with Gasteiger partial charge in [0.05, 0.1) is 17.9 Å². The van der Waals surface area contributed by atoms with Crippen LogP contribution in [0.1, 0.15) is 41.1 Å². The fourth-order valence-corrected chi connectivity index (χ4v) is 4.05. The van der Waals surface area contributed by atoms with Crippen molar-refractivity contribution < 1.29 is 13.5 Å². The number of nitriles is 1. The van der Waals surface area contributed by atoms with Crippen molar-refractivity contribution >= 4 is 23.1 Å². The molecule has 0 spiro atoms. The van der Waals surface area contributed by atoms with Crippen LogP contribution in [0.4, 0.5) is 20.3 Å². The Morgan fingerprint density at radius 2 is 2.06 bits per heavy atom. The molecule has 1 heterocycles. The maximum absolute atomic E-state index is 14.3. The first kappa shape index (κ1) is 21.8. The van der Waals surface area contributed by atoms with Crippen molar-refractivity contribution in [1.29, 1.82) is 5.26 Å². The third-order valence-electron chi connectivity index (χ3n) is 5.36. The van der Waals surface area contributed by atoms with Crippen LogP contribution >= 0.6 is 11.6 Å². The highest BCUT2D eigenvalue weighted by atomic mass is 35.5. The molecule has 6 nitrogen and oxygen atoms in total. The third-order valence-corrected chi connectivity index (χ3v) is 5.53. The molecule has 0 radical (unpaired) electrons. The summed E-state index contributed by atoms with van der Waals surface area (Å²) in [6.45, 7) is 0.912. The maximum Gasteiger partial charge on any atom is 0.224 e. The van der Waals surface area contributed by atoms with Crippen LogP contribution in [-0.2, 0) is 6.42 Å². The van der Waals surface area contributed by atoms with Crippen molar-refractivity contribution in [3.05, 3.63) is 75.7 Å². The van der Waals surface area contributed by atoms with E-state index in [1.165, 1.54) is 12.1 Å². The maximum atomic E-state index is 14.3. The number of halogens is 3. The van der Waals surface area contributed by atoms with Gasteiger partial charge < -0.3 is 15.8 Å². The van der Waals surface area contributed by atoms with Gasteiger partial charge in [0, 0.05) is 35.8 Å². The van der Waals surface area contributed by atoms with Gasteiger partial charge in [0.2, 0.25) is 5.28 Å². The fraction of sp³-hybridized carbons (Fsp3) is 0.261. The lowest BCUT2D eigenvalue weighted by Crippen LogP contribution is -2.12. The number of aromatic nitrogens is 2. The predicted molar refractivity (Wildman–Crippen MR) is 118 cm³/mol. The van der Waals surface area contributed by atoms with Gasteiger partial charge in [-0.3, -0.25) is 0 Å². The summed E-state index contributed by atoms with van der Waals surface area (Å²) in [4.78, 5) is 8.63. The molecule has 1 aliphatic carbocycles. The summed E-state index contributed by atoms with van der Waals surface area (Å²) in [5.74, 6) is -0.463. The number of ether oxygens (including phenoxy) is 1. The largest absolute Gasteiger partial charge is 0.492 e. The molecule has 32 heavy (non-hydrogen) atoms. The summed E-state index contributed by atoms with van der Waals surface area (Å²) >= 11 is 6.13. The van der Waals surface area contributed by atoms with Crippen molar-refractivity contribution in [3.8, 4) is 11.8 Å². The van der Waals surface area contributed by atoms with Crippen molar-refractivity contribution in [2.45, 2.75) is 25.2 Å². The lowest BCUT2D eigenvalue weighted by atomic mass is 9.96. The molecule has 0 bridgehead atoms. The summed E-state index contributed by atoms with van der Waals surface area (Å²) in [6.07, 6.45) is 1.92. The number of nitrogen functional groups attached to an aromatic ring is 1. The van der Waals surface area contributed by atoms with Crippen molar-refractivity contribution in [2.75, 3.05) is 24.2 Å². The van der Waals surface area contributed by atoms with Gasteiger partial charge in [-0.15, -0.1) is 0 Å². The van der Waals surface area contributed by atoms with E-state index in [1.54, 1.807) is 18.2 Å². The van der Waals surface area contributed by atoms with Crippen LogP contribution in [0.15, 0.2) is 36.4 Å². The number of anilines is 2. The first-order valence-electron chi connectivity index (χ1n) is 10.1. The number of nitrogens with zero attached hydrogens (tertiary/aromatic N) is 3. The molecule has 4 rings (SSSR count). The summed E-state index contributed by atoms with van der Waals surface area (Å²) in [5, 5.41) is 12.5. The van der Waals surface area contributed by atoms with Gasteiger partial charge in [0.15, 0.2) is 0 Å². The minimum absolute atomic E-state index is 0.0651. The number of hydrogen-bond donors (Lipinski definition) is 2. The minimum atomic E-state index is -0.616. The second-order valence-corrected chi connectivity index (χ2v) is 7.80. The van der Waals surface area contributed by atoms with Crippen LogP contribution in [-0.4, -0.2) is 23.1 Å². The number of fused-ring (bicyclic) bond motifs is 1. The molecule has 0 saturated carbocycles. The van der Waals surface area contributed by atoms with E-state index >= 15 is 0 Å². The Kier molecular flexibility index (Phi) is 6.37. The number of nitrogens with one attached hydrogen (secondary N) is 1. The highest BCUT2D eigenvalue weighted by Gasteiger charge is 2.31. The molecular weight excluding hydrogens is 436 g/mol. The van der Waals surface area contributed by atoms with E-state index in [0.29, 0.717) is 66.5 Å². The molecule has 0 fully saturated rings. The van der Waals surface area contributed by atoms with E-state index in [4.69, 9.17) is 27.3 Å². The van der Waals surface area contributed by atoms with Crippen LogP contribution in [0.25, 0.3) is 0 Å². The number of hydrogen-bond acceptors (Lipinski definition) is 6. The summed E-state index contributed by atoms with van der Waals surface area (Å²) in [6, 6.07) is 10.6. The molecular formula is C23H20ClF2N5O. The van der Waals surface area contributed by atoms with Crippen molar-refractivity contribution in [1.82, 2.24) is 9.97 Å². The molecule has 164 valence electrons. The first-order valence-corrected chi connectivity index (χ1v) is 10.5. The second kappa shape index (κ2) is 9.37. The zero-order valence-electron chi connectivity index (χ0n) is 17.0. The Morgan fingerprint density at radius 3 is 2.84 bits per heavy atom. The van der Waals surface area contributed by atoms with Crippen LogP contribution in [0.5, 0.6) is 5.75 Å². The average Bonchev–Trinajstić information content (AvgIpc) is 3.17. The van der Waals surface area contributed by atoms with Gasteiger partial charge in [0.1, 0.15) is 29.3 Å². The second-order valence-electron chi connectivity index (χ2n) is 7.46.